The van der Waals surface area contributed by atoms with E-state index in [0.29, 0.717) is 5.02 Å². The number of fused-ring (bicyclic) bond motifs is 1. The number of hydrogen-bond acceptors (Lipinski definition) is 3. The maximum absolute atomic E-state index is 6.08. The topological polar surface area (TPSA) is 32.5 Å². The summed E-state index contributed by atoms with van der Waals surface area (Å²) >= 11 is 6.08. The third-order valence-corrected chi connectivity index (χ3v) is 3.91. The molecule has 0 radical (unpaired) electrons. The Kier molecular flexibility index (Phi) is 3.45. The standard InChI is InChI=1S/C16H18ClN3/c1-19-6-7-20(16-5-3-2-4-15(16)19)11-12-8-13(17)10-14(18)9-12/h2-5,8-10H,6-7,11,18H2,1H3. The summed E-state index contributed by atoms with van der Waals surface area (Å²) in [7, 11) is 2.13. The first-order chi connectivity index (χ1) is 9.63. The zero-order chi connectivity index (χ0) is 14.1. The molecule has 104 valence electrons. The van der Waals surface area contributed by atoms with Crippen molar-refractivity contribution in [3.63, 3.8) is 0 Å². The molecule has 0 saturated heterocycles. The van der Waals surface area contributed by atoms with Crippen LogP contribution in [0.15, 0.2) is 42.5 Å². The summed E-state index contributed by atoms with van der Waals surface area (Å²) in [6.45, 7) is 2.85. The van der Waals surface area contributed by atoms with Crippen LogP contribution in [0.5, 0.6) is 0 Å². The molecule has 1 aliphatic heterocycles. The van der Waals surface area contributed by atoms with Gasteiger partial charge in [-0.2, -0.15) is 0 Å². The highest BCUT2D eigenvalue weighted by Crippen LogP contribution is 2.33. The summed E-state index contributed by atoms with van der Waals surface area (Å²) in [5.74, 6) is 0. The number of benzene rings is 2. The van der Waals surface area contributed by atoms with Crippen molar-refractivity contribution in [2.45, 2.75) is 6.54 Å². The molecule has 0 fully saturated rings. The third-order valence-electron chi connectivity index (χ3n) is 3.69. The Morgan fingerprint density at radius 1 is 1.10 bits per heavy atom. The highest BCUT2D eigenvalue weighted by atomic mass is 35.5. The Hall–Kier alpha value is -1.87. The van der Waals surface area contributed by atoms with Gasteiger partial charge in [-0.15, -0.1) is 0 Å². The van der Waals surface area contributed by atoms with Crippen LogP contribution >= 0.6 is 11.6 Å². The van der Waals surface area contributed by atoms with Gasteiger partial charge in [-0.05, 0) is 35.9 Å². The number of nitrogens with two attached hydrogens (primary N) is 1. The van der Waals surface area contributed by atoms with E-state index >= 15 is 0 Å². The fraction of sp³-hybridized carbons (Fsp3) is 0.250. The van der Waals surface area contributed by atoms with Crippen molar-refractivity contribution in [1.82, 2.24) is 0 Å². The summed E-state index contributed by atoms with van der Waals surface area (Å²) in [5, 5.41) is 0.697. The summed E-state index contributed by atoms with van der Waals surface area (Å²) in [4.78, 5) is 4.67. The van der Waals surface area contributed by atoms with Crippen LogP contribution in [-0.2, 0) is 6.54 Å². The SMILES string of the molecule is CN1CCN(Cc2cc(N)cc(Cl)c2)c2ccccc21. The molecule has 2 N–H and O–H groups in total. The van der Waals surface area contributed by atoms with Crippen molar-refractivity contribution in [3.8, 4) is 0 Å². The fourth-order valence-electron chi connectivity index (χ4n) is 2.72. The average Bonchev–Trinajstić information content (AvgIpc) is 2.41. The molecule has 0 aromatic heterocycles. The van der Waals surface area contributed by atoms with Gasteiger partial charge in [0.05, 0.1) is 11.4 Å². The Morgan fingerprint density at radius 2 is 1.85 bits per heavy atom. The van der Waals surface area contributed by atoms with Crippen LogP contribution in [0.2, 0.25) is 5.02 Å². The molecule has 0 atom stereocenters. The second-order valence-corrected chi connectivity index (χ2v) is 5.66. The molecule has 0 amide bonds. The number of likely N-dealkylation sites (N-methyl/N-ethyl adjacent to an activating group) is 1. The van der Waals surface area contributed by atoms with Crippen molar-refractivity contribution < 1.29 is 0 Å². The Bertz CT molecular complexity index is 607. The summed E-state index contributed by atoms with van der Waals surface area (Å²) < 4.78 is 0. The monoisotopic (exact) mass is 287 g/mol. The predicted octanol–water partition coefficient (Wildman–Crippen LogP) is 3.38. The number of halogens is 1. The molecule has 3 nitrogen and oxygen atoms in total. The van der Waals surface area contributed by atoms with Gasteiger partial charge in [0.2, 0.25) is 0 Å². The van der Waals surface area contributed by atoms with Crippen molar-refractivity contribution in [3.05, 3.63) is 53.1 Å². The van der Waals surface area contributed by atoms with Crippen molar-refractivity contribution >= 4 is 28.7 Å². The number of nitrogen functional groups attached to an aromatic ring is 1. The normalized spacial score (nSPS) is 14.3. The first-order valence-corrected chi connectivity index (χ1v) is 7.11. The largest absolute Gasteiger partial charge is 0.399 e. The predicted molar refractivity (Wildman–Crippen MR) is 86.6 cm³/mol. The van der Waals surface area contributed by atoms with Crippen LogP contribution < -0.4 is 15.5 Å². The minimum Gasteiger partial charge on any atom is -0.399 e. The fourth-order valence-corrected chi connectivity index (χ4v) is 2.98. The number of nitrogens with zero attached hydrogens (tertiary/aromatic N) is 2. The molecule has 0 aliphatic carbocycles. The summed E-state index contributed by atoms with van der Waals surface area (Å²) in [6.07, 6.45) is 0. The Balaban J connectivity index is 1.90. The van der Waals surface area contributed by atoms with E-state index < -0.39 is 0 Å². The molecule has 1 heterocycles. The quantitative estimate of drug-likeness (QED) is 0.860. The maximum Gasteiger partial charge on any atom is 0.0607 e. The molecule has 2 aromatic rings. The van der Waals surface area contributed by atoms with E-state index in [4.69, 9.17) is 17.3 Å². The first-order valence-electron chi connectivity index (χ1n) is 6.73. The lowest BCUT2D eigenvalue weighted by molar-refractivity contribution is 0.735. The minimum atomic E-state index is 0.697. The van der Waals surface area contributed by atoms with Gasteiger partial charge in [-0.1, -0.05) is 23.7 Å². The summed E-state index contributed by atoms with van der Waals surface area (Å²) in [6, 6.07) is 14.2. The molecule has 20 heavy (non-hydrogen) atoms. The van der Waals surface area contributed by atoms with Gasteiger partial charge in [0.15, 0.2) is 0 Å². The van der Waals surface area contributed by atoms with E-state index in [1.54, 1.807) is 6.07 Å². The van der Waals surface area contributed by atoms with E-state index in [1.807, 2.05) is 12.1 Å². The number of para-hydroxylation sites is 2. The van der Waals surface area contributed by atoms with Gasteiger partial charge < -0.3 is 15.5 Å². The minimum absolute atomic E-state index is 0.697. The molecule has 4 heteroatoms. The van der Waals surface area contributed by atoms with Crippen LogP contribution in [0, 0.1) is 0 Å². The van der Waals surface area contributed by atoms with Crippen LogP contribution in [-0.4, -0.2) is 20.1 Å². The Morgan fingerprint density at radius 3 is 2.60 bits per heavy atom. The molecule has 0 unspecified atom stereocenters. The highest BCUT2D eigenvalue weighted by molar-refractivity contribution is 6.30. The van der Waals surface area contributed by atoms with Crippen molar-refractivity contribution in [2.75, 3.05) is 35.7 Å². The lowest BCUT2D eigenvalue weighted by atomic mass is 10.1. The zero-order valence-electron chi connectivity index (χ0n) is 11.5. The van der Waals surface area contributed by atoms with Crippen molar-refractivity contribution in [1.29, 1.82) is 0 Å². The molecule has 3 rings (SSSR count). The van der Waals surface area contributed by atoms with Crippen LogP contribution in [0.3, 0.4) is 0 Å². The third kappa shape index (κ3) is 2.54. The van der Waals surface area contributed by atoms with Gasteiger partial charge in [0.25, 0.3) is 0 Å². The van der Waals surface area contributed by atoms with E-state index in [9.17, 15) is 0 Å². The number of rotatable bonds is 2. The molecule has 1 aliphatic rings. The maximum atomic E-state index is 6.08. The van der Waals surface area contributed by atoms with Gasteiger partial charge in [-0.3, -0.25) is 0 Å². The van der Waals surface area contributed by atoms with Gasteiger partial charge >= 0.3 is 0 Å². The molecule has 2 aromatic carbocycles. The second-order valence-electron chi connectivity index (χ2n) is 5.22. The number of hydrogen-bond donors (Lipinski definition) is 1. The molecule has 0 bridgehead atoms. The zero-order valence-corrected chi connectivity index (χ0v) is 12.3. The molecule has 0 spiro atoms. The second kappa shape index (κ2) is 5.25. The summed E-state index contributed by atoms with van der Waals surface area (Å²) in [5.41, 5.74) is 10.3. The molecular weight excluding hydrogens is 270 g/mol. The van der Waals surface area contributed by atoms with E-state index in [0.717, 1.165) is 30.9 Å². The van der Waals surface area contributed by atoms with Gasteiger partial charge in [0.1, 0.15) is 0 Å². The Labute approximate surface area is 124 Å². The lowest BCUT2D eigenvalue weighted by Crippen LogP contribution is -2.38. The van der Waals surface area contributed by atoms with E-state index in [-0.39, 0.29) is 0 Å². The highest BCUT2D eigenvalue weighted by Gasteiger charge is 2.19. The van der Waals surface area contributed by atoms with Crippen LogP contribution in [0.4, 0.5) is 17.1 Å². The molecule has 0 saturated carbocycles. The lowest BCUT2D eigenvalue weighted by Gasteiger charge is -2.37. The van der Waals surface area contributed by atoms with Gasteiger partial charge in [0, 0.05) is 37.4 Å². The van der Waals surface area contributed by atoms with Crippen LogP contribution in [0.25, 0.3) is 0 Å². The first kappa shape index (κ1) is 13.1. The van der Waals surface area contributed by atoms with Gasteiger partial charge in [-0.25, -0.2) is 0 Å². The van der Waals surface area contributed by atoms with E-state index in [2.05, 4.69) is 41.1 Å². The van der Waals surface area contributed by atoms with Crippen molar-refractivity contribution in [2.24, 2.45) is 0 Å². The van der Waals surface area contributed by atoms with E-state index in [1.165, 1.54) is 11.4 Å². The molecular formula is C16H18ClN3. The smallest absolute Gasteiger partial charge is 0.0607 e. The number of anilines is 3. The van der Waals surface area contributed by atoms with Crippen LogP contribution in [0.1, 0.15) is 5.56 Å². The average molecular weight is 288 g/mol.